The molecule has 2 aliphatic carbocycles. The summed E-state index contributed by atoms with van der Waals surface area (Å²) in [5, 5.41) is 3.24. The standard InChI is InChI=1S/C18H26N4O2/c1-24-17-14-10-22(8-7-15(14)19-11-20-17)18(23)21-16-9-13(16)12-5-3-2-4-6-12/h11-13,16H,2-10H2,1H3,(H,21,23)/t13-,16+/m1/s1. The average Bonchev–Trinajstić information content (AvgIpc) is 3.40. The Morgan fingerprint density at radius 3 is 2.92 bits per heavy atom. The molecular weight excluding hydrogens is 304 g/mol. The summed E-state index contributed by atoms with van der Waals surface area (Å²) in [6.07, 6.45) is 10.3. The molecule has 0 aromatic carbocycles. The first-order chi connectivity index (χ1) is 11.8. The zero-order valence-electron chi connectivity index (χ0n) is 14.3. The van der Waals surface area contributed by atoms with Crippen LogP contribution in [0.2, 0.25) is 0 Å². The molecular formula is C18H26N4O2. The molecule has 3 aliphatic rings. The minimum atomic E-state index is 0.0508. The van der Waals surface area contributed by atoms with E-state index in [4.69, 9.17) is 4.74 Å². The quantitative estimate of drug-likeness (QED) is 0.925. The molecule has 2 saturated carbocycles. The number of amides is 2. The van der Waals surface area contributed by atoms with Gasteiger partial charge in [-0.25, -0.2) is 14.8 Å². The van der Waals surface area contributed by atoms with E-state index in [0.717, 1.165) is 30.0 Å². The lowest BCUT2D eigenvalue weighted by atomic mass is 9.85. The van der Waals surface area contributed by atoms with Crippen LogP contribution in [0.15, 0.2) is 6.33 Å². The molecule has 6 heteroatoms. The smallest absolute Gasteiger partial charge is 0.317 e. The molecule has 2 heterocycles. The monoisotopic (exact) mass is 330 g/mol. The van der Waals surface area contributed by atoms with Crippen molar-refractivity contribution in [1.29, 1.82) is 0 Å². The predicted octanol–water partition coefficient (Wildman–Crippen LogP) is 2.52. The van der Waals surface area contributed by atoms with Gasteiger partial charge in [-0.15, -0.1) is 0 Å². The summed E-state index contributed by atoms with van der Waals surface area (Å²) in [4.78, 5) is 23.0. The number of hydrogen-bond donors (Lipinski definition) is 1. The number of carbonyl (C=O) groups is 1. The number of hydrogen-bond acceptors (Lipinski definition) is 4. The van der Waals surface area contributed by atoms with Crippen LogP contribution in [0, 0.1) is 11.8 Å². The minimum Gasteiger partial charge on any atom is -0.481 e. The largest absolute Gasteiger partial charge is 0.481 e. The summed E-state index contributed by atoms with van der Waals surface area (Å²) >= 11 is 0. The fraction of sp³-hybridized carbons (Fsp3) is 0.722. The van der Waals surface area contributed by atoms with Crippen molar-refractivity contribution in [3.05, 3.63) is 17.6 Å². The molecule has 0 radical (unpaired) electrons. The van der Waals surface area contributed by atoms with Gasteiger partial charge in [0.05, 0.1) is 24.9 Å². The van der Waals surface area contributed by atoms with Gasteiger partial charge in [-0.05, 0) is 18.3 Å². The number of carbonyl (C=O) groups excluding carboxylic acids is 1. The number of fused-ring (bicyclic) bond motifs is 1. The second-order valence-corrected chi connectivity index (χ2v) is 7.33. The van der Waals surface area contributed by atoms with Gasteiger partial charge in [0.25, 0.3) is 0 Å². The first-order valence-electron chi connectivity index (χ1n) is 9.18. The second kappa shape index (κ2) is 6.57. The Balaban J connectivity index is 1.34. The Morgan fingerprint density at radius 2 is 2.12 bits per heavy atom. The summed E-state index contributed by atoms with van der Waals surface area (Å²) in [7, 11) is 1.61. The van der Waals surface area contributed by atoms with Crippen LogP contribution < -0.4 is 10.1 Å². The molecule has 0 bridgehead atoms. The van der Waals surface area contributed by atoms with Crippen molar-refractivity contribution < 1.29 is 9.53 Å². The van der Waals surface area contributed by atoms with Crippen LogP contribution in [0.5, 0.6) is 5.88 Å². The van der Waals surface area contributed by atoms with Gasteiger partial charge in [-0.1, -0.05) is 32.1 Å². The Labute approximate surface area is 143 Å². The molecule has 2 atom stereocenters. The predicted molar refractivity (Wildman–Crippen MR) is 89.7 cm³/mol. The Bertz CT molecular complexity index is 601. The van der Waals surface area contributed by atoms with E-state index in [9.17, 15) is 4.79 Å². The van der Waals surface area contributed by atoms with Gasteiger partial charge in [0.1, 0.15) is 6.33 Å². The summed E-state index contributed by atoms with van der Waals surface area (Å²) in [6, 6.07) is 0.436. The normalized spacial score (nSPS) is 26.6. The molecule has 24 heavy (non-hydrogen) atoms. The van der Waals surface area contributed by atoms with Gasteiger partial charge < -0.3 is 15.0 Å². The first-order valence-corrected chi connectivity index (χ1v) is 9.18. The highest BCUT2D eigenvalue weighted by molar-refractivity contribution is 5.75. The zero-order chi connectivity index (χ0) is 16.5. The third-order valence-corrected chi connectivity index (χ3v) is 5.85. The molecule has 4 rings (SSSR count). The lowest BCUT2D eigenvalue weighted by Crippen LogP contribution is -2.44. The summed E-state index contributed by atoms with van der Waals surface area (Å²) in [6.45, 7) is 1.24. The van der Waals surface area contributed by atoms with Crippen LogP contribution in [0.4, 0.5) is 4.79 Å². The summed E-state index contributed by atoms with van der Waals surface area (Å²) in [5.74, 6) is 2.13. The topological polar surface area (TPSA) is 67.4 Å². The number of methoxy groups -OCH3 is 1. The third kappa shape index (κ3) is 3.06. The van der Waals surface area contributed by atoms with Crippen molar-refractivity contribution in [2.75, 3.05) is 13.7 Å². The highest BCUT2D eigenvalue weighted by Crippen LogP contribution is 2.44. The molecule has 6 nitrogen and oxygen atoms in total. The number of nitrogens with one attached hydrogen (secondary N) is 1. The molecule has 0 spiro atoms. The second-order valence-electron chi connectivity index (χ2n) is 7.33. The highest BCUT2D eigenvalue weighted by Gasteiger charge is 2.44. The number of aromatic nitrogens is 2. The van der Waals surface area contributed by atoms with Crippen LogP contribution in [0.25, 0.3) is 0 Å². The molecule has 1 aromatic rings. The third-order valence-electron chi connectivity index (χ3n) is 5.85. The van der Waals surface area contributed by atoms with E-state index in [-0.39, 0.29) is 6.03 Å². The van der Waals surface area contributed by atoms with E-state index < -0.39 is 0 Å². The number of nitrogens with zero attached hydrogens (tertiary/aromatic N) is 3. The Hall–Kier alpha value is -1.85. The summed E-state index contributed by atoms with van der Waals surface area (Å²) < 4.78 is 5.32. The van der Waals surface area contributed by atoms with Crippen LogP contribution in [0.3, 0.4) is 0 Å². The molecule has 2 fully saturated rings. The van der Waals surface area contributed by atoms with Gasteiger partial charge in [0.15, 0.2) is 0 Å². The average molecular weight is 330 g/mol. The van der Waals surface area contributed by atoms with Gasteiger partial charge in [-0.3, -0.25) is 0 Å². The fourth-order valence-electron chi connectivity index (χ4n) is 4.38. The van der Waals surface area contributed by atoms with E-state index in [1.54, 1.807) is 7.11 Å². The summed E-state index contributed by atoms with van der Waals surface area (Å²) in [5.41, 5.74) is 1.94. The number of ether oxygens (including phenoxy) is 1. The van der Waals surface area contributed by atoms with Crippen LogP contribution in [0.1, 0.15) is 49.8 Å². The lowest BCUT2D eigenvalue weighted by Gasteiger charge is -2.29. The maximum atomic E-state index is 12.6. The van der Waals surface area contributed by atoms with Gasteiger partial charge >= 0.3 is 6.03 Å². The SMILES string of the molecule is COc1ncnc2c1CN(C(=O)N[C@H]1C[C@@H]1C1CCCCC1)CC2. The zero-order valence-corrected chi connectivity index (χ0v) is 14.3. The van der Waals surface area contributed by atoms with Crippen molar-refractivity contribution in [1.82, 2.24) is 20.2 Å². The number of urea groups is 1. The van der Waals surface area contributed by atoms with Crippen LogP contribution in [-0.4, -0.2) is 40.6 Å². The molecule has 2 amide bonds. The van der Waals surface area contributed by atoms with E-state index in [0.29, 0.717) is 30.9 Å². The molecule has 0 saturated heterocycles. The maximum Gasteiger partial charge on any atom is 0.317 e. The molecule has 130 valence electrons. The Kier molecular flexibility index (Phi) is 4.29. The van der Waals surface area contributed by atoms with Gasteiger partial charge in [0, 0.05) is 19.0 Å². The lowest BCUT2D eigenvalue weighted by molar-refractivity contribution is 0.188. The Morgan fingerprint density at radius 1 is 1.29 bits per heavy atom. The van der Waals surface area contributed by atoms with E-state index in [1.165, 1.54) is 38.4 Å². The first kappa shape index (κ1) is 15.7. The van der Waals surface area contributed by atoms with Crippen molar-refractivity contribution >= 4 is 6.03 Å². The van der Waals surface area contributed by atoms with Crippen molar-refractivity contribution in [2.45, 2.75) is 57.5 Å². The maximum absolute atomic E-state index is 12.6. The van der Waals surface area contributed by atoms with E-state index in [2.05, 4.69) is 15.3 Å². The molecule has 1 aromatic heterocycles. The van der Waals surface area contributed by atoms with Crippen molar-refractivity contribution in [2.24, 2.45) is 11.8 Å². The highest BCUT2D eigenvalue weighted by atomic mass is 16.5. The van der Waals surface area contributed by atoms with Crippen LogP contribution in [-0.2, 0) is 13.0 Å². The molecule has 1 N–H and O–H groups in total. The van der Waals surface area contributed by atoms with E-state index >= 15 is 0 Å². The fourth-order valence-corrected chi connectivity index (χ4v) is 4.38. The van der Waals surface area contributed by atoms with E-state index in [1.807, 2.05) is 4.90 Å². The van der Waals surface area contributed by atoms with Crippen LogP contribution >= 0.6 is 0 Å². The number of rotatable bonds is 3. The van der Waals surface area contributed by atoms with Gasteiger partial charge in [0.2, 0.25) is 5.88 Å². The minimum absolute atomic E-state index is 0.0508. The molecule has 1 aliphatic heterocycles. The van der Waals surface area contributed by atoms with Gasteiger partial charge in [-0.2, -0.15) is 0 Å². The van der Waals surface area contributed by atoms with Crippen molar-refractivity contribution in [3.63, 3.8) is 0 Å². The van der Waals surface area contributed by atoms with Crippen molar-refractivity contribution in [3.8, 4) is 5.88 Å². The molecule has 0 unspecified atom stereocenters.